The summed E-state index contributed by atoms with van der Waals surface area (Å²) in [7, 11) is 0. The topological polar surface area (TPSA) is 83.1 Å². The Hall–Kier alpha value is -1.47. The van der Waals surface area contributed by atoms with Crippen molar-refractivity contribution in [3.63, 3.8) is 0 Å². The van der Waals surface area contributed by atoms with Crippen LogP contribution < -0.4 is 16.0 Å². The maximum Gasteiger partial charge on any atom is 0.321 e. The molecule has 1 aromatic heterocycles. The number of carbonyl (C=O) groups is 2. The summed E-state index contributed by atoms with van der Waals surface area (Å²) in [6.45, 7) is 7.85. The van der Waals surface area contributed by atoms with Gasteiger partial charge >= 0.3 is 6.03 Å². The minimum absolute atomic E-state index is 0.0336. The first kappa shape index (κ1) is 15.6. The van der Waals surface area contributed by atoms with Gasteiger partial charge in [0.2, 0.25) is 5.91 Å². The lowest BCUT2D eigenvalue weighted by molar-refractivity contribution is -0.121. The van der Waals surface area contributed by atoms with Crippen molar-refractivity contribution in [2.75, 3.05) is 6.54 Å². The van der Waals surface area contributed by atoms with Crippen molar-refractivity contribution < 1.29 is 9.59 Å². The number of hydrogen-bond donors (Lipinski definition) is 3. The molecule has 0 saturated carbocycles. The summed E-state index contributed by atoms with van der Waals surface area (Å²) in [6, 6.07) is -0.977. The number of aromatic nitrogens is 1. The zero-order valence-electron chi connectivity index (χ0n) is 11.6. The highest BCUT2D eigenvalue weighted by molar-refractivity contribution is 7.09. The van der Waals surface area contributed by atoms with E-state index in [2.05, 4.69) is 20.9 Å². The van der Waals surface area contributed by atoms with Gasteiger partial charge in [0.15, 0.2) is 0 Å². The zero-order valence-corrected chi connectivity index (χ0v) is 12.4. The molecule has 0 aliphatic carbocycles. The second-order valence-corrected chi connectivity index (χ2v) is 5.18. The molecule has 19 heavy (non-hydrogen) atoms. The highest BCUT2D eigenvalue weighted by Crippen LogP contribution is 2.17. The minimum Gasteiger partial charge on any atom is -0.338 e. The van der Waals surface area contributed by atoms with Crippen molar-refractivity contribution in [2.24, 2.45) is 0 Å². The molecule has 0 aromatic carbocycles. The standard InChI is InChI=1S/C12H20N4O2S/c1-5-13-12(18)16-10(17)8(3)15-9(4)11-14-7(2)6-19-11/h6,8-9,15H,5H2,1-4H3,(H2,13,16,17,18). The van der Waals surface area contributed by atoms with E-state index in [1.54, 1.807) is 25.2 Å². The molecule has 2 atom stereocenters. The normalized spacial score (nSPS) is 13.7. The number of urea groups is 1. The average molecular weight is 284 g/mol. The molecule has 0 bridgehead atoms. The maximum absolute atomic E-state index is 11.7. The molecule has 1 heterocycles. The van der Waals surface area contributed by atoms with Crippen molar-refractivity contribution in [2.45, 2.75) is 39.8 Å². The molecule has 0 fully saturated rings. The molecular weight excluding hydrogens is 264 g/mol. The van der Waals surface area contributed by atoms with E-state index >= 15 is 0 Å². The van der Waals surface area contributed by atoms with Gasteiger partial charge in [-0.15, -0.1) is 11.3 Å². The van der Waals surface area contributed by atoms with Crippen LogP contribution in [0.5, 0.6) is 0 Å². The van der Waals surface area contributed by atoms with E-state index in [0.717, 1.165) is 10.7 Å². The predicted molar refractivity (Wildman–Crippen MR) is 75.1 cm³/mol. The Kier molecular flexibility index (Phi) is 5.91. The summed E-state index contributed by atoms with van der Waals surface area (Å²) < 4.78 is 0. The van der Waals surface area contributed by atoms with Crippen LogP contribution in [0, 0.1) is 6.92 Å². The number of aryl methyl sites for hydroxylation is 1. The van der Waals surface area contributed by atoms with E-state index in [-0.39, 0.29) is 11.9 Å². The molecule has 106 valence electrons. The number of nitrogens with one attached hydrogen (secondary N) is 3. The third kappa shape index (κ3) is 4.96. The van der Waals surface area contributed by atoms with Crippen LogP contribution in [0.4, 0.5) is 4.79 Å². The van der Waals surface area contributed by atoms with Gasteiger partial charge in [-0.1, -0.05) is 0 Å². The van der Waals surface area contributed by atoms with Gasteiger partial charge in [-0.25, -0.2) is 9.78 Å². The quantitative estimate of drug-likeness (QED) is 0.762. The van der Waals surface area contributed by atoms with E-state index < -0.39 is 12.1 Å². The van der Waals surface area contributed by atoms with Crippen LogP contribution in [-0.2, 0) is 4.79 Å². The van der Waals surface area contributed by atoms with Crippen molar-refractivity contribution in [3.05, 3.63) is 16.1 Å². The van der Waals surface area contributed by atoms with Crippen LogP contribution in [0.15, 0.2) is 5.38 Å². The molecule has 3 amide bonds. The van der Waals surface area contributed by atoms with Gasteiger partial charge in [0.25, 0.3) is 0 Å². The molecule has 6 nitrogen and oxygen atoms in total. The zero-order chi connectivity index (χ0) is 14.4. The van der Waals surface area contributed by atoms with Gasteiger partial charge in [-0.05, 0) is 27.7 Å². The molecule has 3 N–H and O–H groups in total. The molecule has 1 aromatic rings. The first-order valence-corrected chi connectivity index (χ1v) is 7.08. The second-order valence-electron chi connectivity index (χ2n) is 4.29. The monoisotopic (exact) mass is 284 g/mol. The fourth-order valence-electron chi connectivity index (χ4n) is 1.52. The fraction of sp³-hybridized carbons (Fsp3) is 0.583. The summed E-state index contributed by atoms with van der Waals surface area (Å²) in [4.78, 5) is 27.3. The van der Waals surface area contributed by atoms with Crippen LogP contribution in [-0.4, -0.2) is 29.5 Å². The van der Waals surface area contributed by atoms with E-state index in [4.69, 9.17) is 0 Å². The van der Waals surface area contributed by atoms with Crippen LogP contribution in [0.1, 0.15) is 37.5 Å². The Morgan fingerprint density at radius 1 is 1.42 bits per heavy atom. The smallest absolute Gasteiger partial charge is 0.321 e. The van der Waals surface area contributed by atoms with Crippen LogP contribution in [0.25, 0.3) is 0 Å². The van der Waals surface area contributed by atoms with Gasteiger partial charge < -0.3 is 5.32 Å². The molecule has 0 radical (unpaired) electrons. The van der Waals surface area contributed by atoms with Gasteiger partial charge in [0, 0.05) is 17.6 Å². The van der Waals surface area contributed by atoms with E-state index in [0.29, 0.717) is 6.54 Å². The minimum atomic E-state index is -0.473. The lowest BCUT2D eigenvalue weighted by Crippen LogP contribution is -2.48. The molecular formula is C12H20N4O2S. The molecule has 0 spiro atoms. The average Bonchev–Trinajstić information content (AvgIpc) is 2.76. The number of amides is 3. The lowest BCUT2D eigenvalue weighted by atomic mass is 10.2. The highest BCUT2D eigenvalue weighted by atomic mass is 32.1. The first-order chi connectivity index (χ1) is 8.93. The van der Waals surface area contributed by atoms with Crippen molar-refractivity contribution in [1.29, 1.82) is 0 Å². The van der Waals surface area contributed by atoms with Gasteiger partial charge in [-0.2, -0.15) is 0 Å². The third-order valence-electron chi connectivity index (χ3n) is 2.47. The second kappa shape index (κ2) is 7.20. The van der Waals surface area contributed by atoms with E-state index in [1.807, 2.05) is 19.2 Å². The number of thiazole rings is 1. The molecule has 1 rings (SSSR count). The Bertz CT molecular complexity index is 447. The summed E-state index contributed by atoms with van der Waals surface area (Å²) in [5.41, 5.74) is 0.966. The van der Waals surface area contributed by atoms with E-state index in [9.17, 15) is 9.59 Å². The first-order valence-electron chi connectivity index (χ1n) is 6.20. The SMILES string of the molecule is CCNC(=O)NC(=O)C(C)NC(C)c1nc(C)cs1. The largest absolute Gasteiger partial charge is 0.338 e. The number of carbonyl (C=O) groups excluding carboxylic acids is 2. The number of hydrogen-bond acceptors (Lipinski definition) is 5. The maximum atomic E-state index is 11.7. The summed E-state index contributed by atoms with van der Waals surface area (Å²) in [5.74, 6) is -0.355. The van der Waals surface area contributed by atoms with Crippen molar-refractivity contribution >= 4 is 23.3 Å². The molecule has 7 heteroatoms. The summed E-state index contributed by atoms with van der Waals surface area (Å²) in [5, 5.41) is 10.8. The van der Waals surface area contributed by atoms with Crippen LogP contribution >= 0.6 is 11.3 Å². The predicted octanol–water partition coefficient (Wildman–Crippen LogP) is 1.34. The third-order valence-corrected chi connectivity index (χ3v) is 3.62. The van der Waals surface area contributed by atoms with Crippen LogP contribution in [0.3, 0.4) is 0 Å². The fourth-order valence-corrected chi connectivity index (χ4v) is 2.33. The Morgan fingerprint density at radius 2 is 2.11 bits per heavy atom. The number of nitrogens with zero attached hydrogens (tertiary/aromatic N) is 1. The van der Waals surface area contributed by atoms with Gasteiger partial charge in [-0.3, -0.25) is 15.4 Å². The van der Waals surface area contributed by atoms with E-state index in [1.165, 1.54) is 0 Å². The highest BCUT2D eigenvalue weighted by Gasteiger charge is 2.19. The van der Waals surface area contributed by atoms with Crippen LogP contribution in [0.2, 0.25) is 0 Å². The lowest BCUT2D eigenvalue weighted by Gasteiger charge is -2.17. The van der Waals surface area contributed by atoms with Gasteiger partial charge in [0.05, 0.1) is 12.1 Å². The Labute approximate surface area is 117 Å². The Balaban J connectivity index is 2.47. The molecule has 0 aliphatic heterocycles. The summed E-state index contributed by atoms with van der Waals surface area (Å²) in [6.07, 6.45) is 0. The van der Waals surface area contributed by atoms with Gasteiger partial charge in [0.1, 0.15) is 5.01 Å². The summed E-state index contributed by atoms with van der Waals surface area (Å²) >= 11 is 1.55. The van der Waals surface area contributed by atoms with Crippen molar-refractivity contribution in [3.8, 4) is 0 Å². The number of rotatable bonds is 5. The molecule has 0 aliphatic rings. The molecule has 0 saturated heterocycles. The number of imide groups is 1. The Morgan fingerprint density at radius 3 is 2.63 bits per heavy atom. The van der Waals surface area contributed by atoms with Crippen molar-refractivity contribution in [1.82, 2.24) is 20.9 Å². The molecule has 2 unspecified atom stereocenters.